The second-order valence-corrected chi connectivity index (χ2v) is 4.51. The molecule has 1 rings (SSSR count). The first-order valence-electron chi connectivity index (χ1n) is 5.22. The van der Waals surface area contributed by atoms with E-state index < -0.39 is 0 Å². The van der Waals surface area contributed by atoms with Gasteiger partial charge in [0.05, 0.1) is 18.9 Å². The van der Waals surface area contributed by atoms with Gasteiger partial charge in [-0.1, -0.05) is 11.3 Å². The van der Waals surface area contributed by atoms with Gasteiger partial charge in [0.1, 0.15) is 4.88 Å². The molecule has 0 aliphatic rings. The van der Waals surface area contributed by atoms with Gasteiger partial charge < -0.3 is 20.5 Å². The molecule has 96 valence electrons. The standard InChI is InChI=1S/C10H17N3O3S/c1-7-8(17-10(11)12-7)9(15)13(3-5-14)4-6-16-2/h14H,3-6H2,1-2H3,(H2,11,12). The fourth-order valence-corrected chi connectivity index (χ4v) is 2.20. The first-order valence-corrected chi connectivity index (χ1v) is 6.03. The summed E-state index contributed by atoms with van der Waals surface area (Å²) >= 11 is 1.16. The van der Waals surface area contributed by atoms with Gasteiger partial charge in [-0.3, -0.25) is 4.79 Å². The quantitative estimate of drug-likeness (QED) is 0.757. The summed E-state index contributed by atoms with van der Waals surface area (Å²) in [5.74, 6) is -0.164. The van der Waals surface area contributed by atoms with E-state index in [1.807, 2.05) is 0 Å². The predicted molar refractivity (Wildman–Crippen MR) is 66.1 cm³/mol. The zero-order valence-electron chi connectivity index (χ0n) is 9.97. The lowest BCUT2D eigenvalue weighted by Crippen LogP contribution is -2.36. The number of ether oxygens (including phenoxy) is 1. The highest BCUT2D eigenvalue weighted by Gasteiger charge is 2.20. The van der Waals surface area contributed by atoms with Crippen LogP contribution in [0.25, 0.3) is 0 Å². The number of nitrogen functional groups attached to an aromatic ring is 1. The number of hydrogen-bond acceptors (Lipinski definition) is 6. The van der Waals surface area contributed by atoms with E-state index in [9.17, 15) is 4.79 Å². The number of aryl methyl sites for hydroxylation is 1. The topological polar surface area (TPSA) is 88.7 Å². The normalized spacial score (nSPS) is 10.5. The number of aliphatic hydroxyl groups is 1. The monoisotopic (exact) mass is 259 g/mol. The molecule has 6 nitrogen and oxygen atoms in total. The largest absolute Gasteiger partial charge is 0.395 e. The first-order chi connectivity index (χ1) is 8.10. The third-order valence-corrected chi connectivity index (χ3v) is 3.20. The molecule has 0 unspecified atom stereocenters. The van der Waals surface area contributed by atoms with E-state index in [-0.39, 0.29) is 19.1 Å². The van der Waals surface area contributed by atoms with E-state index in [1.54, 1.807) is 14.0 Å². The van der Waals surface area contributed by atoms with Crippen LogP contribution in [0.5, 0.6) is 0 Å². The third-order valence-electron chi connectivity index (χ3n) is 2.23. The third kappa shape index (κ3) is 3.65. The van der Waals surface area contributed by atoms with Gasteiger partial charge in [0, 0.05) is 20.2 Å². The minimum Gasteiger partial charge on any atom is -0.395 e. The fraction of sp³-hybridized carbons (Fsp3) is 0.600. The lowest BCUT2D eigenvalue weighted by atomic mass is 10.3. The average Bonchev–Trinajstić information content (AvgIpc) is 2.63. The minimum atomic E-state index is -0.164. The molecule has 0 aliphatic heterocycles. The number of anilines is 1. The molecule has 17 heavy (non-hydrogen) atoms. The van der Waals surface area contributed by atoms with Crippen LogP contribution in [0.1, 0.15) is 15.4 Å². The van der Waals surface area contributed by atoms with Gasteiger partial charge in [-0.25, -0.2) is 4.98 Å². The van der Waals surface area contributed by atoms with Crippen molar-refractivity contribution in [2.45, 2.75) is 6.92 Å². The van der Waals surface area contributed by atoms with Crippen LogP contribution in [0.3, 0.4) is 0 Å². The smallest absolute Gasteiger partial charge is 0.266 e. The lowest BCUT2D eigenvalue weighted by molar-refractivity contribution is 0.0660. The highest BCUT2D eigenvalue weighted by molar-refractivity contribution is 7.17. The Morgan fingerprint density at radius 3 is 2.76 bits per heavy atom. The molecule has 1 aromatic heterocycles. The molecule has 0 aliphatic carbocycles. The molecular formula is C10H17N3O3S. The second kappa shape index (κ2) is 6.53. The van der Waals surface area contributed by atoms with Gasteiger partial charge in [0.2, 0.25) is 0 Å². The summed E-state index contributed by atoms with van der Waals surface area (Å²) in [5, 5.41) is 9.31. The zero-order chi connectivity index (χ0) is 12.8. The molecule has 7 heteroatoms. The highest BCUT2D eigenvalue weighted by atomic mass is 32.1. The van der Waals surface area contributed by atoms with E-state index >= 15 is 0 Å². The number of hydrogen-bond donors (Lipinski definition) is 2. The molecule has 0 atom stereocenters. The van der Waals surface area contributed by atoms with Crippen molar-refractivity contribution in [1.29, 1.82) is 0 Å². The Bertz CT molecular complexity index is 381. The number of aromatic nitrogens is 1. The SMILES string of the molecule is COCCN(CCO)C(=O)c1sc(N)nc1C. The van der Waals surface area contributed by atoms with Gasteiger partial charge in [-0.05, 0) is 6.92 Å². The van der Waals surface area contributed by atoms with Crippen molar-refractivity contribution in [2.75, 3.05) is 39.1 Å². The van der Waals surface area contributed by atoms with Crippen molar-refractivity contribution in [2.24, 2.45) is 0 Å². The minimum absolute atomic E-state index is 0.0806. The Morgan fingerprint density at radius 2 is 2.29 bits per heavy atom. The molecule has 0 fully saturated rings. The van der Waals surface area contributed by atoms with Crippen LogP contribution in [0.2, 0.25) is 0 Å². The van der Waals surface area contributed by atoms with E-state index in [1.165, 1.54) is 4.90 Å². The number of nitrogens with two attached hydrogens (primary N) is 1. The summed E-state index contributed by atoms with van der Waals surface area (Å²) in [6, 6.07) is 0. The van der Waals surface area contributed by atoms with Crippen molar-refractivity contribution in [3.63, 3.8) is 0 Å². The molecule has 0 saturated carbocycles. The Hall–Kier alpha value is -1.18. The predicted octanol–water partition coefficient (Wildman–Crippen LogP) is 0.115. The maximum atomic E-state index is 12.1. The van der Waals surface area contributed by atoms with Crippen molar-refractivity contribution in [3.05, 3.63) is 10.6 Å². The Morgan fingerprint density at radius 1 is 1.59 bits per heavy atom. The molecule has 0 bridgehead atoms. The number of nitrogens with zero attached hydrogens (tertiary/aromatic N) is 2. The van der Waals surface area contributed by atoms with Crippen LogP contribution >= 0.6 is 11.3 Å². The maximum absolute atomic E-state index is 12.1. The number of thiazole rings is 1. The van der Waals surface area contributed by atoms with Crippen molar-refractivity contribution in [1.82, 2.24) is 9.88 Å². The molecule has 1 amide bonds. The van der Waals surface area contributed by atoms with Gasteiger partial charge in [0.15, 0.2) is 5.13 Å². The van der Waals surface area contributed by atoms with Crippen molar-refractivity contribution >= 4 is 22.4 Å². The Labute approximate surface area is 104 Å². The Kier molecular flexibility index (Phi) is 5.33. The van der Waals surface area contributed by atoms with Crippen LogP contribution < -0.4 is 5.73 Å². The molecule has 0 radical (unpaired) electrons. The van der Waals surface area contributed by atoms with Gasteiger partial charge in [-0.15, -0.1) is 0 Å². The van der Waals surface area contributed by atoms with Crippen LogP contribution in [0.15, 0.2) is 0 Å². The number of aliphatic hydroxyl groups excluding tert-OH is 1. The molecule has 0 aromatic carbocycles. The number of carbonyl (C=O) groups is 1. The summed E-state index contributed by atoms with van der Waals surface area (Å²) < 4.78 is 4.93. The number of carbonyl (C=O) groups excluding carboxylic acids is 1. The van der Waals surface area contributed by atoms with Crippen LogP contribution in [0, 0.1) is 6.92 Å². The van der Waals surface area contributed by atoms with Crippen LogP contribution in [0.4, 0.5) is 5.13 Å². The molecule has 1 heterocycles. The number of rotatable bonds is 6. The molecular weight excluding hydrogens is 242 g/mol. The summed E-state index contributed by atoms with van der Waals surface area (Å²) in [6.45, 7) is 2.81. The van der Waals surface area contributed by atoms with Crippen molar-refractivity contribution in [3.8, 4) is 0 Å². The van der Waals surface area contributed by atoms with Crippen LogP contribution in [-0.4, -0.2) is 54.3 Å². The average molecular weight is 259 g/mol. The second-order valence-electron chi connectivity index (χ2n) is 3.48. The molecule has 3 N–H and O–H groups in total. The lowest BCUT2D eigenvalue weighted by Gasteiger charge is -2.20. The van der Waals surface area contributed by atoms with Crippen molar-refractivity contribution < 1.29 is 14.6 Å². The fourth-order valence-electron chi connectivity index (χ4n) is 1.40. The number of methoxy groups -OCH3 is 1. The van der Waals surface area contributed by atoms with E-state index in [0.717, 1.165) is 11.3 Å². The molecule has 0 saturated heterocycles. The maximum Gasteiger partial charge on any atom is 0.266 e. The first kappa shape index (κ1) is 13.9. The van der Waals surface area contributed by atoms with Gasteiger partial charge in [-0.2, -0.15) is 0 Å². The summed E-state index contributed by atoms with van der Waals surface area (Å²) in [4.78, 5) is 18.2. The highest BCUT2D eigenvalue weighted by Crippen LogP contribution is 2.21. The van der Waals surface area contributed by atoms with Gasteiger partial charge in [0.25, 0.3) is 5.91 Å². The number of amides is 1. The van der Waals surface area contributed by atoms with E-state index in [0.29, 0.717) is 28.9 Å². The van der Waals surface area contributed by atoms with Crippen LogP contribution in [-0.2, 0) is 4.74 Å². The molecule has 1 aromatic rings. The van der Waals surface area contributed by atoms with E-state index in [2.05, 4.69) is 4.98 Å². The molecule has 0 spiro atoms. The summed E-state index contributed by atoms with van der Waals surface area (Å²) in [7, 11) is 1.57. The Balaban J connectivity index is 2.79. The zero-order valence-corrected chi connectivity index (χ0v) is 10.8. The summed E-state index contributed by atoms with van der Waals surface area (Å²) in [6.07, 6.45) is 0. The van der Waals surface area contributed by atoms with E-state index in [4.69, 9.17) is 15.6 Å². The summed E-state index contributed by atoms with van der Waals surface area (Å²) in [5.41, 5.74) is 6.18. The van der Waals surface area contributed by atoms with Gasteiger partial charge >= 0.3 is 0 Å².